The van der Waals surface area contributed by atoms with Crippen LogP contribution >= 0.6 is 0 Å². The van der Waals surface area contributed by atoms with E-state index in [2.05, 4.69) is 5.92 Å². The molecule has 0 heterocycles. The lowest BCUT2D eigenvalue weighted by Gasteiger charge is -2.03. The maximum absolute atomic E-state index is 9.34. The van der Waals surface area contributed by atoms with E-state index in [1.807, 2.05) is 44.2 Å². The van der Waals surface area contributed by atoms with Crippen molar-refractivity contribution in [2.75, 3.05) is 0 Å². The summed E-state index contributed by atoms with van der Waals surface area (Å²) in [5.41, 5.74) is 3.07. The Hall–Kier alpha value is -1.52. The van der Waals surface area contributed by atoms with Crippen molar-refractivity contribution in [3.63, 3.8) is 0 Å². The molecule has 0 saturated carbocycles. The van der Waals surface area contributed by atoms with E-state index in [1.165, 1.54) is 5.56 Å². The molecule has 0 spiro atoms. The Labute approximate surface area is 85.1 Å². The van der Waals surface area contributed by atoms with Gasteiger partial charge in [0.15, 0.2) is 0 Å². The highest BCUT2D eigenvalue weighted by Gasteiger charge is 2.00. The molecule has 0 amide bonds. The zero-order chi connectivity index (χ0) is 10.6. The van der Waals surface area contributed by atoms with Gasteiger partial charge in [0, 0.05) is 0 Å². The minimum atomic E-state index is -0.781. The van der Waals surface area contributed by atoms with Crippen LogP contribution in [0.1, 0.15) is 18.1 Å². The molecule has 1 heteroatoms. The molecule has 1 aromatic rings. The summed E-state index contributed by atoms with van der Waals surface area (Å²) >= 11 is 0. The Morgan fingerprint density at radius 2 is 2.00 bits per heavy atom. The molecule has 14 heavy (non-hydrogen) atoms. The molecular formula is C13H14O. The summed E-state index contributed by atoms with van der Waals surface area (Å²) < 4.78 is 0. The van der Waals surface area contributed by atoms with Crippen molar-refractivity contribution < 1.29 is 5.11 Å². The molecule has 1 unspecified atom stereocenters. The van der Waals surface area contributed by atoms with Gasteiger partial charge in [-0.05, 0) is 25.0 Å². The second-order valence-electron chi connectivity index (χ2n) is 3.37. The van der Waals surface area contributed by atoms with Gasteiger partial charge in [-0.15, -0.1) is 6.42 Å². The number of aryl methyl sites for hydroxylation is 1. The third-order valence-corrected chi connectivity index (χ3v) is 2.06. The quantitative estimate of drug-likeness (QED) is 0.703. The van der Waals surface area contributed by atoms with Gasteiger partial charge in [0.05, 0.1) is 0 Å². The zero-order valence-corrected chi connectivity index (χ0v) is 8.49. The van der Waals surface area contributed by atoms with Gasteiger partial charge < -0.3 is 5.11 Å². The van der Waals surface area contributed by atoms with E-state index in [0.29, 0.717) is 0 Å². The SMILES string of the molecule is C#CC(O)C(C)=Cc1ccc(C)cc1. The molecule has 0 radical (unpaired) electrons. The molecule has 0 aliphatic carbocycles. The van der Waals surface area contributed by atoms with Crippen LogP contribution in [0, 0.1) is 19.3 Å². The first kappa shape index (κ1) is 10.6. The van der Waals surface area contributed by atoms with Crippen LogP contribution in [0.15, 0.2) is 29.8 Å². The van der Waals surface area contributed by atoms with E-state index in [1.54, 1.807) is 0 Å². The Bertz CT molecular complexity index is 365. The minimum absolute atomic E-state index is 0.781. The maximum Gasteiger partial charge on any atom is 0.136 e. The second-order valence-corrected chi connectivity index (χ2v) is 3.37. The van der Waals surface area contributed by atoms with Crippen LogP contribution in [0.3, 0.4) is 0 Å². The fourth-order valence-corrected chi connectivity index (χ4v) is 1.14. The van der Waals surface area contributed by atoms with E-state index >= 15 is 0 Å². The van der Waals surface area contributed by atoms with Crippen molar-refractivity contribution in [3.8, 4) is 12.3 Å². The largest absolute Gasteiger partial charge is 0.376 e. The topological polar surface area (TPSA) is 20.2 Å². The summed E-state index contributed by atoms with van der Waals surface area (Å²) in [6.45, 7) is 3.86. The van der Waals surface area contributed by atoms with E-state index < -0.39 is 6.10 Å². The predicted octanol–water partition coefficient (Wildman–Crippen LogP) is 2.39. The number of terminal acetylenes is 1. The molecule has 72 valence electrons. The third-order valence-electron chi connectivity index (χ3n) is 2.06. The molecule has 1 aromatic carbocycles. The lowest BCUT2D eigenvalue weighted by Crippen LogP contribution is -2.03. The van der Waals surface area contributed by atoms with Gasteiger partial charge in [0.1, 0.15) is 6.10 Å². The van der Waals surface area contributed by atoms with Crippen molar-refractivity contribution in [3.05, 3.63) is 41.0 Å². The van der Waals surface area contributed by atoms with E-state index in [9.17, 15) is 5.11 Å². The van der Waals surface area contributed by atoms with Crippen molar-refractivity contribution in [1.82, 2.24) is 0 Å². The molecular weight excluding hydrogens is 172 g/mol. The first-order valence-electron chi connectivity index (χ1n) is 4.52. The molecule has 0 fully saturated rings. The van der Waals surface area contributed by atoms with Gasteiger partial charge in [0.2, 0.25) is 0 Å². The van der Waals surface area contributed by atoms with Gasteiger partial charge in [0.25, 0.3) is 0 Å². The molecule has 0 aliphatic rings. The molecule has 1 N–H and O–H groups in total. The normalized spacial score (nSPS) is 13.4. The zero-order valence-electron chi connectivity index (χ0n) is 8.49. The van der Waals surface area contributed by atoms with E-state index in [0.717, 1.165) is 11.1 Å². The highest BCUT2D eigenvalue weighted by atomic mass is 16.3. The first-order chi connectivity index (χ1) is 6.63. The molecule has 0 saturated heterocycles. The van der Waals surface area contributed by atoms with Gasteiger partial charge in [-0.25, -0.2) is 0 Å². The molecule has 0 bridgehead atoms. The number of hydrogen-bond donors (Lipinski definition) is 1. The monoisotopic (exact) mass is 186 g/mol. The number of aliphatic hydroxyl groups excluding tert-OH is 1. The number of rotatable bonds is 2. The molecule has 1 nitrogen and oxygen atoms in total. The van der Waals surface area contributed by atoms with Crippen molar-refractivity contribution in [2.45, 2.75) is 20.0 Å². The van der Waals surface area contributed by atoms with Crippen molar-refractivity contribution in [2.24, 2.45) is 0 Å². The number of hydrogen-bond acceptors (Lipinski definition) is 1. The highest BCUT2D eigenvalue weighted by molar-refractivity contribution is 5.54. The summed E-state index contributed by atoms with van der Waals surface area (Å²) in [5.74, 6) is 2.28. The van der Waals surface area contributed by atoms with Crippen molar-refractivity contribution >= 4 is 6.08 Å². The average molecular weight is 186 g/mol. The fourth-order valence-electron chi connectivity index (χ4n) is 1.14. The summed E-state index contributed by atoms with van der Waals surface area (Å²) in [7, 11) is 0. The van der Waals surface area contributed by atoms with Crippen molar-refractivity contribution in [1.29, 1.82) is 0 Å². The van der Waals surface area contributed by atoms with Gasteiger partial charge >= 0.3 is 0 Å². The number of benzene rings is 1. The molecule has 1 atom stereocenters. The van der Waals surface area contributed by atoms with Gasteiger partial charge in [-0.2, -0.15) is 0 Å². The standard InChI is InChI=1S/C13H14O/c1-4-13(14)11(3)9-12-7-5-10(2)6-8-12/h1,5-9,13-14H,2-3H3. The second kappa shape index (κ2) is 4.64. The molecule has 0 aromatic heterocycles. The Kier molecular flexibility index (Phi) is 3.50. The summed E-state index contributed by atoms with van der Waals surface area (Å²) in [4.78, 5) is 0. The van der Waals surface area contributed by atoms with E-state index in [-0.39, 0.29) is 0 Å². The molecule has 1 rings (SSSR count). The fraction of sp³-hybridized carbons (Fsp3) is 0.231. The van der Waals surface area contributed by atoms with Crippen LogP contribution in [0.4, 0.5) is 0 Å². The molecule has 0 aliphatic heterocycles. The van der Waals surface area contributed by atoms with Crippen LogP contribution in [-0.4, -0.2) is 11.2 Å². The van der Waals surface area contributed by atoms with Crippen LogP contribution in [0.5, 0.6) is 0 Å². The van der Waals surface area contributed by atoms with Crippen LogP contribution in [0.25, 0.3) is 6.08 Å². The summed E-state index contributed by atoms with van der Waals surface area (Å²) in [6.07, 6.45) is 6.22. The van der Waals surface area contributed by atoms with Crippen LogP contribution in [-0.2, 0) is 0 Å². The van der Waals surface area contributed by atoms with Crippen LogP contribution in [0.2, 0.25) is 0 Å². The summed E-state index contributed by atoms with van der Waals surface area (Å²) in [6, 6.07) is 8.06. The third kappa shape index (κ3) is 2.76. The lowest BCUT2D eigenvalue weighted by molar-refractivity contribution is 0.269. The smallest absolute Gasteiger partial charge is 0.136 e. The summed E-state index contributed by atoms with van der Waals surface area (Å²) in [5, 5.41) is 9.34. The Morgan fingerprint density at radius 1 is 1.43 bits per heavy atom. The number of aliphatic hydroxyl groups is 1. The van der Waals surface area contributed by atoms with E-state index in [4.69, 9.17) is 6.42 Å². The average Bonchev–Trinajstić information content (AvgIpc) is 2.20. The minimum Gasteiger partial charge on any atom is -0.376 e. The lowest BCUT2D eigenvalue weighted by atomic mass is 10.1. The van der Waals surface area contributed by atoms with Crippen LogP contribution < -0.4 is 0 Å². The highest BCUT2D eigenvalue weighted by Crippen LogP contribution is 2.10. The van der Waals surface area contributed by atoms with Gasteiger partial charge in [-0.1, -0.05) is 41.8 Å². The first-order valence-corrected chi connectivity index (χ1v) is 4.52. The van der Waals surface area contributed by atoms with Gasteiger partial charge in [-0.3, -0.25) is 0 Å². The predicted molar refractivity (Wildman–Crippen MR) is 59.7 cm³/mol. The Morgan fingerprint density at radius 3 is 2.50 bits per heavy atom. The maximum atomic E-state index is 9.34. The Balaban J connectivity index is 2.88.